The molecule has 0 unspecified atom stereocenters. The number of rotatable bonds is 4. The summed E-state index contributed by atoms with van der Waals surface area (Å²) in [7, 11) is 0. The van der Waals surface area contributed by atoms with E-state index < -0.39 is 18.2 Å². The molecule has 0 aliphatic carbocycles. The van der Waals surface area contributed by atoms with Crippen molar-refractivity contribution in [3.8, 4) is 0 Å². The zero-order chi connectivity index (χ0) is 16.7. The largest absolute Gasteiger partial charge is 0.367 e. The van der Waals surface area contributed by atoms with Gasteiger partial charge in [0.2, 0.25) is 0 Å². The molecule has 0 N–H and O–H groups in total. The second kappa shape index (κ2) is 5.97. The SMILES string of the molecule is Cc1cc([C@H]2O[C@@H]3OC(C)(C)O[C@@H]3[C@@H]2OCc2ccccc2)on1. The average molecular weight is 331 g/mol. The fourth-order valence-corrected chi connectivity index (χ4v) is 3.17. The average Bonchev–Trinajstić information content (AvgIpc) is 3.18. The molecule has 0 bridgehead atoms. The summed E-state index contributed by atoms with van der Waals surface area (Å²) in [5.41, 5.74) is 1.89. The predicted octanol–water partition coefficient (Wildman–Crippen LogP) is 3.12. The van der Waals surface area contributed by atoms with Crippen LogP contribution in [0.25, 0.3) is 0 Å². The highest BCUT2D eigenvalue weighted by Crippen LogP contribution is 2.44. The van der Waals surface area contributed by atoms with E-state index >= 15 is 0 Å². The van der Waals surface area contributed by atoms with Crippen LogP contribution < -0.4 is 0 Å². The summed E-state index contributed by atoms with van der Waals surface area (Å²) in [4.78, 5) is 0. The van der Waals surface area contributed by atoms with Gasteiger partial charge in [-0.2, -0.15) is 0 Å². The van der Waals surface area contributed by atoms with Crippen molar-refractivity contribution in [3.63, 3.8) is 0 Å². The van der Waals surface area contributed by atoms with Gasteiger partial charge in [0, 0.05) is 6.07 Å². The maximum atomic E-state index is 6.15. The van der Waals surface area contributed by atoms with Crippen molar-refractivity contribution in [3.05, 3.63) is 53.4 Å². The lowest BCUT2D eigenvalue weighted by atomic mass is 10.1. The van der Waals surface area contributed by atoms with Crippen molar-refractivity contribution < 1.29 is 23.5 Å². The van der Waals surface area contributed by atoms with Crippen LogP contribution in [0.3, 0.4) is 0 Å². The Morgan fingerprint density at radius 1 is 1.17 bits per heavy atom. The van der Waals surface area contributed by atoms with E-state index in [0.29, 0.717) is 12.4 Å². The van der Waals surface area contributed by atoms with Crippen LogP contribution in [0.5, 0.6) is 0 Å². The van der Waals surface area contributed by atoms with Crippen LogP contribution in [0.4, 0.5) is 0 Å². The van der Waals surface area contributed by atoms with Crippen molar-refractivity contribution in [1.82, 2.24) is 5.16 Å². The minimum atomic E-state index is -0.689. The Morgan fingerprint density at radius 2 is 1.96 bits per heavy atom. The molecule has 1 aromatic heterocycles. The molecule has 1 aromatic carbocycles. The number of aromatic nitrogens is 1. The van der Waals surface area contributed by atoms with Crippen molar-refractivity contribution >= 4 is 0 Å². The molecule has 4 atom stereocenters. The Morgan fingerprint density at radius 3 is 2.67 bits per heavy atom. The van der Waals surface area contributed by atoms with Crippen LogP contribution in [0, 0.1) is 6.92 Å². The number of ether oxygens (including phenoxy) is 4. The molecular weight excluding hydrogens is 310 g/mol. The van der Waals surface area contributed by atoms with Crippen molar-refractivity contribution in [2.45, 2.75) is 57.8 Å². The Bertz CT molecular complexity index is 698. The second-order valence-electron chi connectivity index (χ2n) is 6.66. The van der Waals surface area contributed by atoms with E-state index in [1.54, 1.807) is 0 Å². The molecule has 6 nitrogen and oxygen atoms in total. The third-order valence-electron chi connectivity index (χ3n) is 4.20. The smallest absolute Gasteiger partial charge is 0.190 e. The number of nitrogens with zero attached hydrogens (tertiary/aromatic N) is 1. The second-order valence-corrected chi connectivity index (χ2v) is 6.66. The van der Waals surface area contributed by atoms with E-state index in [4.69, 9.17) is 23.5 Å². The molecule has 3 heterocycles. The Labute approximate surface area is 140 Å². The van der Waals surface area contributed by atoms with Gasteiger partial charge >= 0.3 is 0 Å². The summed E-state index contributed by atoms with van der Waals surface area (Å²) >= 11 is 0. The van der Waals surface area contributed by atoms with E-state index in [1.807, 2.05) is 57.2 Å². The molecular formula is C18H21NO5. The minimum Gasteiger partial charge on any atom is -0.367 e. The maximum absolute atomic E-state index is 6.15. The standard InChI is InChI=1S/C18H21NO5/c1-11-9-13(24-19-11)14-15(20-10-12-7-5-4-6-8-12)16-17(21-14)23-18(2,3)22-16/h4-9,14-17H,10H2,1-3H3/t14-,15-,16-,17-/m1/s1. The van der Waals surface area contributed by atoms with E-state index in [2.05, 4.69) is 5.16 Å². The monoisotopic (exact) mass is 331 g/mol. The molecule has 0 amide bonds. The van der Waals surface area contributed by atoms with Crippen LogP contribution in [-0.2, 0) is 25.6 Å². The quantitative estimate of drug-likeness (QED) is 0.858. The molecule has 0 saturated carbocycles. The number of fused-ring (bicyclic) bond motifs is 1. The minimum absolute atomic E-state index is 0.306. The molecule has 4 rings (SSSR count). The number of hydrogen-bond acceptors (Lipinski definition) is 6. The van der Waals surface area contributed by atoms with Crippen molar-refractivity contribution in [2.24, 2.45) is 0 Å². The maximum Gasteiger partial charge on any atom is 0.190 e. The van der Waals surface area contributed by atoms with Gasteiger partial charge < -0.3 is 23.5 Å². The zero-order valence-corrected chi connectivity index (χ0v) is 14.0. The molecule has 2 aromatic rings. The van der Waals surface area contributed by atoms with Gasteiger partial charge in [-0.15, -0.1) is 0 Å². The molecule has 2 fully saturated rings. The van der Waals surface area contributed by atoms with Gasteiger partial charge in [0.15, 0.2) is 23.9 Å². The van der Waals surface area contributed by atoms with Crippen LogP contribution in [0.2, 0.25) is 0 Å². The Hall–Kier alpha value is -1.73. The first-order valence-electron chi connectivity index (χ1n) is 8.12. The van der Waals surface area contributed by atoms with Gasteiger partial charge in [-0.25, -0.2) is 0 Å². The van der Waals surface area contributed by atoms with Gasteiger partial charge in [0.25, 0.3) is 0 Å². The Kier molecular flexibility index (Phi) is 3.92. The first kappa shape index (κ1) is 15.8. The fraction of sp³-hybridized carbons (Fsp3) is 0.500. The molecule has 24 heavy (non-hydrogen) atoms. The first-order chi connectivity index (χ1) is 11.5. The zero-order valence-electron chi connectivity index (χ0n) is 14.0. The number of aryl methyl sites for hydroxylation is 1. The topological polar surface area (TPSA) is 63.0 Å². The highest BCUT2D eigenvalue weighted by Gasteiger charge is 2.56. The third-order valence-corrected chi connectivity index (χ3v) is 4.20. The van der Waals surface area contributed by atoms with Gasteiger partial charge in [-0.05, 0) is 26.3 Å². The van der Waals surface area contributed by atoms with Gasteiger partial charge in [-0.3, -0.25) is 0 Å². The van der Waals surface area contributed by atoms with E-state index in [9.17, 15) is 0 Å². The molecule has 6 heteroatoms. The summed E-state index contributed by atoms with van der Waals surface area (Å²) in [6, 6.07) is 11.9. The third kappa shape index (κ3) is 2.98. The molecule has 2 aliphatic heterocycles. The summed E-state index contributed by atoms with van der Waals surface area (Å²) in [5.74, 6) is -0.0589. The van der Waals surface area contributed by atoms with Crippen LogP contribution in [0.1, 0.15) is 37.0 Å². The van der Waals surface area contributed by atoms with Gasteiger partial charge in [0.05, 0.1) is 12.3 Å². The van der Waals surface area contributed by atoms with Crippen LogP contribution in [-0.4, -0.2) is 29.4 Å². The fourth-order valence-electron chi connectivity index (χ4n) is 3.17. The van der Waals surface area contributed by atoms with E-state index in [0.717, 1.165) is 11.3 Å². The normalized spacial score (nSPS) is 31.3. The molecule has 0 spiro atoms. The molecule has 128 valence electrons. The molecule has 0 radical (unpaired) electrons. The lowest BCUT2D eigenvalue weighted by Gasteiger charge is -2.24. The summed E-state index contributed by atoms with van der Waals surface area (Å²) < 4.78 is 29.4. The lowest BCUT2D eigenvalue weighted by molar-refractivity contribution is -0.222. The van der Waals surface area contributed by atoms with Crippen LogP contribution in [0.15, 0.2) is 40.9 Å². The highest BCUT2D eigenvalue weighted by atomic mass is 16.8. The number of benzene rings is 1. The van der Waals surface area contributed by atoms with Gasteiger partial charge in [-0.1, -0.05) is 35.5 Å². The summed E-state index contributed by atoms with van der Waals surface area (Å²) in [6.45, 7) is 6.08. The highest BCUT2D eigenvalue weighted by molar-refractivity contribution is 5.15. The predicted molar refractivity (Wildman–Crippen MR) is 83.9 cm³/mol. The molecule has 2 saturated heterocycles. The van der Waals surface area contributed by atoms with Crippen LogP contribution >= 0.6 is 0 Å². The summed E-state index contributed by atoms with van der Waals surface area (Å²) in [5, 5.41) is 3.94. The van der Waals surface area contributed by atoms with Crippen molar-refractivity contribution in [2.75, 3.05) is 0 Å². The summed E-state index contributed by atoms with van der Waals surface area (Å²) in [6.07, 6.45) is -1.51. The van der Waals surface area contributed by atoms with E-state index in [-0.39, 0.29) is 12.2 Å². The van der Waals surface area contributed by atoms with Crippen molar-refractivity contribution in [1.29, 1.82) is 0 Å². The molecule has 2 aliphatic rings. The Balaban J connectivity index is 1.55. The van der Waals surface area contributed by atoms with Gasteiger partial charge in [0.1, 0.15) is 12.2 Å². The first-order valence-corrected chi connectivity index (χ1v) is 8.12. The van der Waals surface area contributed by atoms with E-state index in [1.165, 1.54) is 0 Å². The number of hydrogen-bond donors (Lipinski definition) is 0. The lowest BCUT2D eigenvalue weighted by Crippen LogP contribution is -2.33.